The van der Waals surface area contributed by atoms with Gasteiger partial charge in [0.15, 0.2) is 0 Å². The summed E-state index contributed by atoms with van der Waals surface area (Å²) in [5.74, 6) is 0.423. The number of amides is 1. The molecule has 0 atom stereocenters. The van der Waals surface area contributed by atoms with E-state index in [0.717, 1.165) is 11.3 Å². The van der Waals surface area contributed by atoms with Crippen LogP contribution in [0.15, 0.2) is 54.6 Å². The Balaban J connectivity index is 1.81. The van der Waals surface area contributed by atoms with Gasteiger partial charge in [0.05, 0.1) is 23.5 Å². The smallest absolute Gasteiger partial charge is 0.273 e. The molecule has 5 nitrogen and oxygen atoms in total. The van der Waals surface area contributed by atoms with E-state index < -0.39 is 0 Å². The minimum absolute atomic E-state index is 0.306. The maximum atomic E-state index is 12.3. The van der Waals surface area contributed by atoms with Crippen molar-refractivity contribution in [3.63, 3.8) is 0 Å². The Morgan fingerprint density at radius 3 is 2.78 bits per heavy atom. The normalized spacial score (nSPS) is 10.3. The van der Waals surface area contributed by atoms with Crippen LogP contribution >= 0.6 is 11.6 Å². The molecule has 2 N–H and O–H groups in total. The van der Waals surface area contributed by atoms with Crippen LogP contribution in [-0.4, -0.2) is 23.2 Å². The van der Waals surface area contributed by atoms with Crippen LogP contribution < -0.4 is 10.1 Å². The first-order valence-corrected chi connectivity index (χ1v) is 7.31. The fraction of sp³-hybridized carbons (Fsp3) is 0.0588. The number of para-hydroxylation sites is 1. The zero-order valence-electron chi connectivity index (χ0n) is 12.3. The highest BCUT2D eigenvalue weighted by Gasteiger charge is 2.12. The molecule has 1 heterocycles. The highest BCUT2D eigenvalue weighted by molar-refractivity contribution is 6.33. The second kappa shape index (κ2) is 6.54. The molecule has 0 saturated heterocycles. The number of carbonyl (C=O) groups is 1. The van der Waals surface area contributed by atoms with E-state index in [0.29, 0.717) is 22.1 Å². The summed E-state index contributed by atoms with van der Waals surface area (Å²) in [5, 5.41) is 10.1. The Hall–Kier alpha value is -2.79. The number of hydrogen-bond donors (Lipinski definition) is 2. The van der Waals surface area contributed by atoms with Crippen molar-refractivity contribution in [3.8, 4) is 17.0 Å². The predicted molar refractivity (Wildman–Crippen MR) is 90.0 cm³/mol. The molecule has 0 saturated carbocycles. The van der Waals surface area contributed by atoms with Crippen LogP contribution in [0.5, 0.6) is 5.75 Å². The number of hydrogen-bond acceptors (Lipinski definition) is 3. The molecule has 0 aliphatic heterocycles. The van der Waals surface area contributed by atoms with Gasteiger partial charge in [-0.05, 0) is 30.3 Å². The van der Waals surface area contributed by atoms with Gasteiger partial charge in [0.2, 0.25) is 0 Å². The van der Waals surface area contributed by atoms with Gasteiger partial charge in [0.1, 0.15) is 11.4 Å². The van der Waals surface area contributed by atoms with Crippen molar-refractivity contribution in [1.82, 2.24) is 10.2 Å². The van der Waals surface area contributed by atoms with Crippen LogP contribution in [0.1, 0.15) is 10.5 Å². The average molecular weight is 328 g/mol. The lowest BCUT2D eigenvalue weighted by Crippen LogP contribution is -2.12. The molecule has 0 radical (unpaired) electrons. The van der Waals surface area contributed by atoms with Gasteiger partial charge < -0.3 is 10.1 Å². The molecule has 0 unspecified atom stereocenters. The number of ether oxygens (including phenoxy) is 1. The summed E-state index contributed by atoms with van der Waals surface area (Å²) in [6.07, 6.45) is 0. The Bertz CT molecular complexity index is 845. The Labute approximate surface area is 138 Å². The average Bonchev–Trinajstić information content (AvgIpc) is 3.07. The fourth-order valence-corrected chi connectivity index (χ4v) is 2.30. The lowest BCUT2D eigenvalue weighted by atomic mass is 10.1. The number of benzene rings is 2. The standard InChI is InChI=1S/C17H14ClN3O2/c1-23-12-6-4-5-11(9-12)15-10-16(21-20-15)17(22)19-14-8-3-2-7-13(14)18/h2-10H,1H3,(H,19,22)(H,20,21). The predicted octanol–water partition coefficient (Wildman–Crippen LogP) is 3.99. The maximum Gasteiger partial charge on any atom is 0.273 e. The number of nitrogens with zero attached hydrogens (tertiary/aromatic N) is 1. The van der Waals surface area contributed by atoms with Gasteiger partial charge in [0, 0.05) is 5.56 Å². The number of rotatable bonds is 4. The molecule has 0 aliphatic carbocycles. The number of carbonyl (C=O) groups excluding carboxylic acids is 1. The van der Waals surface area contributed by atoms with Crippen LogP contribution in [0.25, 0.3) is 11.3 Å². The van der Waals surface area contributed by atoms with E-state index >= 15 is 0 Å². The second-order valence-electron chi connectivity index (χ2n) is 4.83. The fourth-order valence-electron chi connectivity index (χ4n) is 2.12. The van der Waals surface area contributed by atoms with E-state index in [1.165, 1.54) is 0 Å². The summed E-state index contributed by atoms with van der Waals surface area (Å²) in [5.41, 5.74) is 2.42. The van der Waals surface area contributed by atoms with Crippen LogP contribution in [0, 0.1) is 0 Å². The first-order chi connectivity index (χ1) is 11.2. The van der Waals surface area contributed by atoms with Crippen molar-refractivity contribution in [2.24, 2.45) is 0 Å². The van der Waals surface area contributed by atoms with Gasteiger partial charge in [-0.3, -0.25) is 9.89 Å². The first-order valence-electron chi connectivity index (χ1n) is 6.93. The number of halogens is 1. The van der Waals surface area contributed by atoms with Crippen molar-refractivity contribution in [3.05, 3.63) is 65.3 Å². The highest BCUT2D eigenvalue weighted by atomic mass is 35.5. The van der Waals surface area contributed by atoms with Gasteiger partial charge in [0.25, 0.3) is 5.91 Å². The lowest BCUT2D eigenvalue weighted by Gasteiger charge is -2.04. The SMILES string of the molecule is COc1cccc(-c2cc(C(=O)Nc3ccccc3Cl)[nH]n2)c1. The van der Waals surface area contributed by atoms with Gasteiger partial charge in [-0.15, -0.1) is 0 Å². The highest BCUT2D eigenvalue weighted by Crippen LogP contribution is 2.24. The van der Waals surface area contributed by atoms with E-state index in [2.05, 4.69) is 15.5 Å². The largest absolute Gasteiger partial charge is 0.497 e. The molecule has 1 amide bonds. The van der Waals surface area contributed by atoms with Gasteiger partial charge >= 0.3 is 0 Å². The molecule has 116 valence electrons. The van der Waals surface area contributed by atoms with E-state index in [1.807, 2.05) is 24.3 Å². The third-order valence-electron chi connectivity index (χ3n) is 3.31. The van der Waals surface area contributed by atoms with Crippen LogP contribution in [-0.2, 0) is 0 Å². The van der Waals surface area contributed by atoms with Crippen LogP contribution in [0.2, 0.25) is 5.02 Å². The van der Waals surface area contributed by atoms with Crippen molar-refractivity contribution in [2.45, 2.75) is 0 Å². The van der Waals surface area contributed by atoms with Crippen molar-refractivity contribution in [2.75, 3.05) is 12.4 Å². The number of methoxy groups -OCH3 is 1. The lowest BCUT2D eigenvalue weighted by molar-refractivity contribution is 0.102. The molecule has 0 bridgehead atoms. The molecule has 3 aromatic rings. The molecule has 6 heteroatoms. The summed E-state index contributed by atoms with van der Waals surface area (Å²) < 4.78 is 5.19. The molecular weight excluding hydrogens is 314 g/mol. The minimum Gasteiger partial charge on any atom is -0.497 e. The van der Waals surface area contributed by atoms with E-state index in [1.54, 1.807) is 37.4 Å². The number of aromatic nitrogens is 2. The van der Waals surface area contributed by atoms with Crippen molar-refractivity contribution >= 4 is 23.2 Å². The Kier molecular flexibility index (Phi) is 4.30. The topological polar surface area (TPSA) is 67.0 Å². The Morgan fingerprint density at radius 2 is 2.00 bits per heavy atom. The third kappa shape index (κ3) is 3.35. The molecule has 0 spiro atoms. The minimum atomic E-state index is -0.306. The Morgan fingerprint density at radius 1 is 1.17 bits per heavy atom. The van der Waals surface area contributed by atoms with E-state index in [9.17, 15) is 4.79 Å². The van der Waals surface area contributed by atoms with Gasteiger partial charge in [-0.25, -0.2) is 0 Å². The van der Waals surface area contributed by atoms with Gasteiger partial charge in [-0.2, -0.15) is 5.10 Å². The van der Waals surface area contributed by atoms with Gasteiger partial charge in [-0.1, -0.05) is 35.9 Å². The summed E-state index contributed by atoms with van der Waals surface area (Å²) in [7, 11) is 1.60. The van der Waals surface area contributed by atoms with Crippen LogP contribution in [0.3, 0.4) is 0 Å². The molecule has 0 fully saturated rings. The molecule has 1 aromatic heterocycles. The zero-order valence-corrected chi connectivity index (χ0v) is 13.1. The zero-order chi connectivity index (χ0) is 16.2. The molecule has 23 heavy (non-hydrogen) atoms. The maximum absolute atomic E-state index is 12.3. The molecule has 0 aliphatic rings. The molecule has 3 rings (SSSR count). The van der Waals surface area contributed by atoms with E-state index in [4.69, 9.17) is 16.3 Å². The van der Waals surface area contributed by atoms with E-state index in [-0.39, 0.29) is 5.91 Å². The number of aromatic amines is 1. The summed E-state index contributed by atoms with van der Waals surface area (Å²) in [6.45, 7) is 0. The summed E-state index contributed by atoms with van der Waals surface area (Å²) in [4.78, 5) is 12.3. The number of anilines is 1. The second-order valence-corrected chi connectivity index (χ2v) is 5.24. The van der Waals surface area contributed by atoms with Crippen LogP contribution in [0.4, 0.5) is 5.69 Å². The first kappa shape index (κ1) is 15.1. The van der Waals surface area contributed by atoms with Crippen molar-refractivity contribution < 1.29 is 9.53 Å². The van der Waals surface area contributed by atoms with Crippen molar-refractivity contribution in [1.29, 1.82) is 0 Å². The monoisotopic (exact) mass is 327 g/mol. The quantitative estimate of drug-likeness (QED) is 0.761. The number of nitrogens with one attached hydrogen (secondary N) is 2. The summed E-state index contributed by atoms with van der Waals surface area (Å²) in [6, 6.07) is 16.2. The molecule has 2 aromatic carbocycles. The molecular formula is C17H14ClN3O2. The summed E-state index contributed by atoms with van der Waals surface area (Å²) >= 11 is 6.04. The third-order valence-corrected chi connectivity index (χ3v) is 3.64. The number of H-pyrrole nitrogens is 1.